The van der Waals surface area contributed by atoms with Gasteiger partial charge in [-0.15, -0.1) is 0 Å². The molecule has 1 aromatic rings. The van der Waals surface area contributed by atoms with E-state index in [1.54, 1.807) is 6.08 Å². The highest BCUT2D eigenvalue weighted by molar-refractivity contribution is 5.23. The molecule has 1 fully saturated rings. The molecule has 1 aliphatic heterocycles. The Labute approximate surface area is 151 Å². The molecule has 1 aliphatic carbocycles. The van der Waals surface area contributed by atoms with Crippen LogP contribution in [0.4, 0.5) is 4.39 Å². The van der Waals surface area contributed by atoms with Crippen molar-refractivity contribution in [1.82, 2.24) is 0 Å². The molecule has 1 saturated heterocycles. The lowest BCUT2D eigenvalue weighted by Gasteiger charge is -2.29. The van der Waals surface area contributed by atoms with Crippen molar-refractivity contribution in [3.8, 4) is 0 Å². The Kier molecular flexibility index (Phi) is 7.06. The number of ether oxygens (including phenoxy) is 2. The topological polar surface area (TPSA) is 18.5 Å². The minimum atomic E-state index is -0.210. The summed E-state index contributed by atoms with van der Waals surface area (Å²) < 4.78 is 24.9. The smallest absolute Gasteiger partial charge is 0.183 e. The number of benzene rings is 1. The van der Waals surface area contributed by atoms with E-state index in [1.165, 1.54) is 24.8 Å². The van der Waals surface area contributed by atoms with Gasteiger partial charge in [-0.1, -0.05) is 50.1 Å². The summed E-state index contributed by atoms with van der Waals surface area (Å²) in [5.74, 6) is 1.25. The van der Waals surface area contributed by atoms with Crippen molar-refractivity contribution < 1.29 is 13.9 Å². The van der Waals surface area contributed by atoms with Crippen LogP contribution >= 0.6 is 0 Å². The molecule has 1 atom stereocenters. The highest BCUT2D eigenvalue weighted by atomic mass is 19.1. The van der Waals surface area contributed by atoms with Crippen molar-refractivity contribution >= 4 is 0 Å². The highest BCUT2D eigenvalue weighted by Gasteiger charge is 2.23. The number of aryl methyl sites for hydroxylation is 1. The van der Waals surface area contributed by atoms with E-state index in [9.17, 15) is 4.39 Å². The Bertz CT molecular complexity index is 544. The van der Waals surface area contributed by atoms with E-state index in [1.807, 2.05) is 0 Å². The first-order valence-electron chi connectivity index (χ1n) is 9.91. The van der Waals surface area contributed by atoms with Crippen molar-refractivity contribution in [1.29, 1.82) is 0 Å². The van der Waals surface area contributed by atoms with Crippen molar-refractivity contribution in [3.63, 3.8) is 0 Å². The van der Waals surface area contributed by atoms with Crippen LogP contribution in [0.1, 0.15) is 69.3 Å². The Morgan fingerprint density at radius 1 is 1.04 bits per heavy atom. The summed E-state index contributed by atoms with van der Waals surface area (Å²) in [4.78, 5) is 0. The molecule has 0 radical (unpaired) electrons. The first-order valence-corrected chi connectivity index (χ1v) is 9.91. The van der Waals surface area contributed by atoms with Crippen LogP contribution in [0.25, 0.3) is 0 Å². The maximum atomic E-state index is 13.1. The lowest BCUT2D eigenvalue weighted by molar-refractivity contribution is -0.206. The molecular formula is C22H31FO2. The fourth-order valence-electron chi connectivity index (χ4n) is 3.73. The van der Waals surface area contributed by atoms with Crippen LogP contribution in [0, 0.1) is 11.8 Å². The van der Waals surface area contributed by atoms with Gasteiger partial charge in [-0.2, -0.15) is 0 Å². The zero-order valence-corrected chi connectivity index (χ0v) is 15.4. The first kappa shape index (κ1) is 18.6. The van der Waals surface area contributed by atoms with Gasteiger partial charge >= 0.3 is 0 Å². The monoisotopic (exact) mass is 346 g/mol. The number of unbranched alkanes of at least 4 members (excludes halogenated alkanes) is 1. The third-order valence-corrected chi connectivity index (χ3v) is 5.49. The fourth-order valence-corrected chi connectivity index (χ4v) is 3.73. The van der Waals surface area contributed by atoms with Gasteiger partial charge in [0.2, 0.25) is 0 Å². The summed E-state index contributed by atoms with van der Waals surface area (Å²) >= 11 is 0. The lowest BCUT2D eigenvalue weighted by atomic mass is 9.88. The Balaban J connectivity index is 1.43. The van der Waals surface area contributed by atoms with Gasteiger partial charge in [0.1, 0.15) is 0 Å². The average Bonchev–Trinajstić information content (AvgIpc) is 2.67. The number of allylic oxidation sites excluding steroid dienone is 2. The fraction of sp³-hybridized carbons (Fsp3) is 0.636. The summed E-state index contributed by atoms with van der Waals surface area (Å²) in [6, 6.07) is 8.63. The average molecular weight is 346 g/mol. The number of hydrogen-bond acceptors (Lipinski definition) is 2. The Morgan fingerprint density at radius 2 is 1.80 bits per heavy atom. The van der Waals surface area contributed by atoms with E-state index in [-0.39, 0.29) is 12.1 Å². The van der Waals surface area contributed by atoms with Crippen LogP contribution in [-0.2, 0) is 15.9 Å². The van der Waals surface area contributed by atoms with Crippen molar-refractivity contribution in [2.24, 2.45) is 11.8 Å². The van der Waals surface area contributed by atoms with E-state index in [4.69, 9.17) is 9.47 Å². The Morgan fingerprint density at radius 3 is 2.44 bits per heavy atom. The summed E-state index contributed by atoms with van der Waals surface area (Å²) in [5, 5.41) is 0. The maximum Gasteiger partial charge on any atom is 0.183 e. The summed E-state index contributed by atoms with van der Waals surface area (Å²) in [6.45, 7) is 3.83. The van der Waals surface area contributed by atoms with Gasteiger partial charge < -0.3 is 9.47 Å². The molecule has 25 heavy (non-hydrogen) atoms. The molecule has 1 unspecified atom stereocenters. The largest absolute Gasteiger partial charge is 0.348 e. The summed E-state index contributed by atoms with van der Waals surface area (Å²) in [7, 11) is 0. The minimum Gasteiger partial charge on any atom is -0.348 e. The van der Waals surface area contributed by atoms with Gasteiger partial charge in [0, 0.05) is 11.5 Å². The molecular weight excluding hydrogens is 315 g/mol. The van der Waals surface area contributed by atoms with Gasteiger partial charge in [0.25, 0.3) is 0 Å². The van der Waals surface area contributed by atoms with Gasteiger partial charge in [-0.25, -0.2) is 4.39 Å². The number of rotatable bonds is 7. The molecule has 2 aliphatic rings. The molecule has 0 spiro atoms. The minimum absolute atomic E-state index is 0.0741. The standard InChI is InChI=1S/C22H31FO2/c1-2-3-4-19-15-24-22(25-16-19)20-11-7-17(8-12-20)5-6-18-9-13-21(23)14-10-18/h7-8,11-13,18-19,22H,2-6,9-10,14-16H2,1H3/t18?,19-,22-. The maximum absolute atomic E-state index is 13.1. The molecule has 3 heteroatoms. The zero-order valence-electron chi connectivity index (χ0n) is 15.4. The van der Waals surface area contributed by atoms with Crippen LogP contribution < -0.4 is 0 Å². The molecule has 3 rings (SSSR count). The van der Waals surface area contributed by atoms with Crippen LogP contribution in [0.3, 0.4) is 0 Å². The van der Waals surface area contributed by atoms with E-state index < -0.39 is 0 Å². The van der Waals surface area contributed by atoms with E-state index in [0.717, 1.165) is 44.5 Å². The zero-order chi connectivity index (χ0) is 17.5. The molecule has 138 valence electrons. The first-order chi connectivity index (χ1) is 12.2. The second-order valence-corrected chi connectivity index (χ2v) is 7.58. The van der Waals surface area contributed by atoms with Gasteiger partial charge in [0.15, 0.2) is 6.29 Å². The van der Waals surface area contributed by atoms with Crippen LogP contribution in [0.5, 0.6) is 0 Å². The van der Waals surface area contributed by atoms with Crippen LogP contribution in [0.2, 0.25) is 0 Å². The SMILES string of the molecule is CCCC[C@H]1CO[C@H](c2ccc(CCC3CC=C(F)CC3)cc2)OC1. The summed E-state index contributed by atoms with van der Waals surface area (Å²) in [6.07, 6.45) is 9.94. The Hall–Kier alpha value is -1.19. The van der Waals surface area contributed by atoms with Crippen molar-refractivity contribution in [3.05, 3.63) is 47.3 Å². The van der Waals surface area contributed by atoms with E-state index >= 15 is 0 Å². The van der Waals surface area contributed by atoms with E-state index in [0.29, 0.717) is 18.3 Å². The third-order valence-electron chi connectivity index (χ3n) is 5.49. The lowest BCUT2D eigenvalue weighted by Crippen LogP contribution is -2.27. The molecule has 1 heterocycles. The van der Waals surface area contributed by atoms with Crippen molar-refractivity contribution in [2.45, 2.75) is 64.6 Å². The molecule has 0 saturated carbocycles. The molecule has 0 N–H and O–H groups in total. The van der Waals surface area contributed by atoms with Gasteiger partial charge in [0.05, 0.1) is 19.0 Å². The predicted molar refractivity (Wildman–Crippen MR) is 99.0 cm³/mol. The quantitative estimate of drug-likeness (QED) is 0.592. The number of halogens is 1. The number of hydrogen-bond donors (Lipinski definition) is 0. The van der Waals surface area contributed by atoms with Gasteiger partial charge in [-0.05, 0) is 50.0 Å². The van der Waals surface area contributed by atoms with Crippen LogP contribution in [0.15, 0.2) is 36.2 Å². The van der Waals surface area contributed by atoms with Gasteiger partial charge in [-0.3, -0.25) is 0 Å². The second-order valence-electron chi connectivity index (χ2n) is 7.58. The molecule has 0 aromatic heterocycles. The highest BCUT2D eigenvalue weighted by Crippen LogP contribution is 2.29. The van der Waals surface area contributed by atoms with Crippen LogP contribution in [-0.4, -0.2) is 13.2 Å². The normalized spacial score (nSPS) is 27.1. The van der Waals surface area contributed by atoms with Crippen molar-refractivity contribution in [2.75, 3.05) is 13.2 Å². The molecule has 0 amide bonds. The molecule has 1 aromatic carbocycles. The molecule has 2 nitrogen and oxygen atoms in total. The predicted octanol–water partition coefficient (Wildman–Crippen LogP) is 6.12. The van der Waals surface area contributed by atoms with E-state index in [2.05, 4.69) is 31.2 Å². The molecule has 0 bridgehead atoms. The second kappa shape index (κ2) is 9.49. The third kappa shape index (κ3) is 5.65. The summed E-state index contributed by atoms with van der Waals surface area (Å²) in [5.41, 5.74) is 2.45.